The van der Waals surface area contributed by atoms with Crippen LogP contribution in [-0.4, -0.2) is 20.8 Å². The number of hydrogen-bond acceptors (Lipinski definition) is 3. The lowest BCUT2D eigenvalue weighted by atomic mass is 10.0. The molecule has 1 unspecified atom stereocenters. The normalized spacial score (nSPS) is 14.2. The van der Waals surface area contributed by atoms with Gasteiger partial charge in [-0.2, -0.15) is 8.42 Å². The molecule has 3 nitrogen and oxygen atoms in total. The predicted molar refractivity (Wildman–Crippen MR) is 58.7 cm³/mol. The Labute approximate surface area is 88.0 Å². The van der Waals surface area contributed by atoms with Gasteiger partial charge < -0.3 is 0 Å². The number of rotatable bonds is 8. The Balaban J connectivity index is 3.83. The molecule has 0 aliphatic heterocycles. The maximum Gasteiger partial charge on any atom is 0.267 e. The fourth-order valence-corrected chi connectivity index (χ4v) is 1.75. The van der Waals surface area contributed by atoms with Crippen molar-refractivity contribution in [3.8, 4) is 0 Å². The topological polar surface area (TPSA) is 43.4 Å². The third-order valence-corrected chi connectivity index (χ3v) is 3.58. The molecule has 0 aromatic carbocycles. The highest BCUT2D eigenvalue weighted by molar-refractivity contribution is 7.86. The minimum atomic E-state index is -3.25. The smallest absolute Gasteiger partial charge is 0.267 e. The Morgan fingerprint density at radius 2 is 1.86 bits per heavy atom. The van der Waals surface area contributed by atoms with Crippen LogP contribution < -0.4 is 0 Å². The Morgan fingerprint density at radius 3 is 2.29 bits per heavy atom. The van der Waals surface area contributed by atoms with E-state index in [0.717, 1.165) is 25.7 Å². The maximum absolute atomic E-state index is 11.1. The van der Waals surface area contributed by atoms with Crippen molar-refractivity contribution < 1.29 is 12.6 Å². The largest absolute Gasteiger partial charge is 0.270 e. The molecule has 0 saturated heterocycles. The fourth-order valence-electron chi connectivity index (χ4n) is 1.18. The van der Waals surface area contributed by atoms with E-state index in [-0.39, 0.29) is 5.75 Å². The molecule has 0 aromatic rings. The van der Waals surface area contributed by atoms with Crippen LogP contribution in [0.25, 0.3) is 0 Å². The summed E-state index contributed by atoms with van der Waals surface area (Å²) < 4.78 is 27.0. The molecule has 0 rings (SSSR count). The molecule has 0 bridgehead atoms. The van der Waals surface area contributed by atoms with E-state index in [9.17, 15) is 8.42 Å². The van der Waals surface area contributed by atoms with Crippen LogP contribution in [0.1, 0.15) is 46.5 Å². The molecular formula is C10H22O3S. The van der Waals surface area contributed by atoms with Crippen molar-refractivity contribution in [3.63, 3.8) is 0 Å². The molecule has 0 aliphatic rings. The van der Waals surface area contributed by atoms with Gasteiger partial charge in [0.15, 0.2) is 0 Å². The van der Waals surface area contributed by atoms with Gasteiger partial charge >= 0.3 is 0 Å². The van der Waals surface area contributed by atoms with Crippen molar-refractivity contribution in [2.24, 2.45) is 5.92 Å². The van der Waals surface area contributed by atoms with Crippen LogP contribution in [0, 0.1) is 5.92 Å². The summed E-state index contributed by atoms with van der Waals surface area (Å²) in [6, 6.07) is 0. The van der Waals surface area contributed by atoms with Gasteiger partial charge in [-0.25, -0.2) is 0 Å². The van der Waals surface area contributed by atoms with Crippen LogP contribution in [-0.2, 0) is 14.3 Å². The Kier molecular flexibility index (Phi) is 7.19. The second-order valence-corrected chi connectivity index (χ2v) is 5.48. The summed E-state index contributed by atoms with van der Waals surface area (Å²) in [5.41, 5.74) is 0. The molecule has 0 aromatic heterocycles. The summed E-state index contributed by atoms with van der Waals surface area (Å²) in [6.07, 6.45) is 4.34. The van der Waals surface area contributed by atoms with Gasteiger partial charge in [0.2, 0.25) is 0 Å². The molecule has 0 N–H and O–H groups in total. The molecule has 86 valence electrons. The second kappa shape index (κ2) is 7.23. The molecule has 0 amide bonds. The van der Waals surface area contributed by atoms with Crippen molar-refractivity contribution in [2.45, 2.75) is 46.5 Å². The average Bonchev–Trinajstić information content (AvgIpc) is 2.18. The van der Waals surface area contributed by atoms with Crippen LogP contribution >= 0.6 is 0 Å². The lowest BCUT2D eigenvalue weighted by molar-refractivity contribution is 0.239. The van der Waals surface area contributed by atoms with Crippen LogP contribution in [0.15, 0.2) is 0 Å². The van der Waals surface area contributed by atoms with Gasteiger partial charge in [0.1, 0.15) is 0 Å². The highest BCUT2D eigenvalue weighted by Gasteiger charge is 2.12. The zero-order valence-corrected chi connectivity index (χ0v) is 10.3. The first-order chi connectivity index (χ1) is 6.55. The molecular weight excluding hydrogens is 200 g/mol. The lowest BCUT2D eigenvalue weighted by Gasteiger charge is -2.13. The standard InChI is InChI=1S/C10H22O3S/c1-4-7-8-10(5-2)9-13-14(11,12)6-3/h10H,4-9H2,1-3H3. The highest BCUT2D eigenvalue weighted by atomic mass is 32.2. The Morgan fingerprint density at radius 1 is 1.21 bits per heavy atom. The van der Waals surface area contributed by atoms with Crippen molar-refractivity contribution in [1.82, 2.24) is 0 Å². The summed E-state index contributed by atoms with van der Waals surface area (Å²) in [5.74, 6) is 0.452. The van der Waals surface area contributed by atoms with Crippen LogP contribution in [0.4, 0.5) is 0 Å². The molecule has 14 heavy (non-hydrogen) atoms. The third-order valence-electron chi connectivity index (χ3n) is 2.38. The van der Waals surface area contributed by atoms with Gasteiger partial charge in [0, 0.05) is 0 Å². The third kappa shape index (κ3) is 6.38. The minimum Gasteiger partial charge on any atom is -0.270 e. The van der Waals surface area contributed by atoms with Crippen LogP contribution in [0.2, 0.25) is 0 Å². The van der Waals surface area contributed by atoms with Crippen molar-refractivity contribution in [1.29, 1.82) is 0 Å². The first-order valence-corrected chi connectivity index (χ1v) is 7.00. The van der Waals surface area contributed by atoms with Gasteiger partial charge in [0.25, 0.3) is 10.1 Å². The molecule has 0 aliphatic carbocycles. The molecule has 0 radical (unpaired) electrons. The second-order valence-electron chi connectivity index (χ2n) is 3.55. The van der Waals surface area contributed by atoms with E-state index in [1.165, 1.54) is 0 Å². The maximum atomic E-state index is 11.1. The van der Waals surface area contributed by atoms with E-state index >= 15 is 0 Å². The Bertz CT molecular complexity index is 222. The van der Waals surface area contributed by atoms with Crippen molar-refractivity contribution >= 4 is 10.1 Å². The van der Waals surface area contributed by atoms with Gasteiger partial charge in [-0.15, -0.1) is 0 Å². The van der Waals surface area contributed by atoms with Gasteiger partial charge in [-0.1, -0.05) is 33.1 Å². The molecule has 0 fully saturated rings. The SMILES string of the molecule is CCCCC(CC)COS(=O)(=O)CC. The van der Waals surface area contributed by atoms with E-state index in [1.807, 2.05) is 0 Å². The van der Waals surface area contributed by atoms with E-state index in [1.54, 1.807) is 6.92 Å². The highest BCUT2D eigenvalue weighted by Crippen LogP contribution is 2.13. The number of hydrogen-bond donors (Lipinski definition) is 0. The molecule has 0 spiro atoms. The summed E-state index contributed by atoms with van der Waals surface area (Å²) in [5, 5.41) is 0. The lowest BCUT2D eigenvalue weighted by Crippen LogP contribution is -2.15. The van der Waals surface area contributed by atoms with E-state index in [0.29, 0.717) is 12.5 Å². The summed E-state index contributed by atoms with van der Waals surface area (Å²) in [4.78, 5) is 0. The first-order valence-electron chi connectivity index (χ1n) is 5.42. The van der Waals surface area contributed by atoms with Crippen LogP contribution in [0.5, 0.6) is 0 Å². The molecule has 4 heteroatoms. The molecule has 1 atom stereocenters. The van der Waals surface area contributed by atoms with Gasteiger partial charge in [-0.3, -0.25) is 4.18 Å². The van der Waals surface area contributed by atoms with Gasteiger partial charge in [-0.05, 0) is 19.3 Å². The fraction of sp³-hybridized carbons (Fsp3) is 1.00. The summed E-state index contributed by atoms with van der Waals surface area (Å²) in [6.45, 7) is 6.16. The van der Waals surface area contributed by atoms with Crippen molar-refractivity contribution in [3.05, 3.63) is 0 Å². The zero-order chi connectivity index (χ0) is 11.0. The van der Waals surface area contributed by atoms with Crippen LogP contribution in [0.3, 0.4) is 0 Å². The van der Waals surface area contributed by atoms with E-state index in [2.05, 4.69) is 13.8 Å². The monoisotopic (exact) mass is 222 g/mol. The number of unbranched alkanes of at least 4 members (excludes halogenated alkanes) is 1. The Hall–Kier alpha value is -0.0900. The first kappa shape index (κ1) is 13.9. The molecule has 0 saturated carbocycles. The van der Waals surface area contributed by atoms with Gasteiger partial charge in [0.05, 0.1) is 12.4 Å². The summed E-state index contributed by atoms with van der Waals surface area (Å²) >= 11 is 0. The molecule has 0 heterocycles. The predicted octanol–water partition coefficient (Wildman–Crippen LogP) is 2.57. The van der Waals surface area contributed by atoms with E-state index in [4.69, 9.17) is 4.18 Å². The minimum absolute atomic E-state index is 0.0667. The summed E-state index contributed by atoms with van der Waals surface area (Å²) in [7, 11) is -3.25. The van der Waals surface area contributed by atoms with Crippen molar-refractivity contribution in [2.75, 3.05) is 12.4 Å². The quantitative estimate of drug-likeness (QED) is 0.593. The average molecular weight is 222 g/mol. The van der Waals surface area contributed by atoms with E-state index < -0.39 is 10.1 Å². The zero-order valence-electron chi connectivity index (χ0n) is 9.45.